The molecular formula is C10H21N3. The number of rotatable bonds is 5. The third-order valence-corrected chi connectivity index (χ3v) is 2.91. The first kappa shape index (κ1) is 10.5. The van der Waals surface area contributed by atoms with Crippen LogP contribution in [-0.2, 0) is 0 Å². The van der Waals surface area contributed by atoms with Crippen LogP contribution in [0.3, 0.4) is 0 Å². The van der Waals surface area contributed by atoms with Crippen molar-refractivity contribution in [1.29, 1.82) is 5.41 Å². The molecule has 0 aromatic carbocycles. The SMILES string of the molecule is CC(CN(C)CC1CCC1)C(=N)N. The number of amidine groups is 1. The molecule has 0 heterocycles. The average Bonchev–Trinajstić information content (AvgIpc) is 1.96. The summed E-state index contributed by atoms with van der Waals surface area (Å²) < 4.78 is 0. The Bertz CT molecular complexity index is 175. The molecule has 76 valence electrons. The van der Waals surface area contributed by atoms with Gasteiger partial charge < -0.3 is 10.6 Å². The fraction of sp³-hybridized carbons (Fsp3) is 0.900. The molecule has 1 unspecified atom stereocenters. The summed E-state index contributed by atoms with van der Waals surface area (Å²) in [6, 6.07) is 0. The molecule has 3 nitrogen and oxygen atoms in total. The second-order valence-electron chi connectivity index (χ2n) is 4.37. The zero-order chi connectivity index (χ0) is 9.84. The molecule has 1 rings (SSSR count). The number of nitrogens with one attached hydrogen (secondary N) is 1. The summed E-state index contributed by atoms with van der Waals surface area (Å²) >= 11 is 0. The molecule has 0 aromatic rings. The molecule has 1 fully saturated rings. The van der Waals surface area contributed by atoms with E-state index in [2.05, 4.69) is 11.9 Å². The predicted octanol–water partition coefficient (Wildman–Crippen LogP) is 1.29. The highest BCUT2D eigenvalue weighted by Gasteiger charge is 2.19. The molecule has 13 heavy (non-hydrogen) atoms. The molecule has 0 amide bonds. The van der Waals surface area contributed by atoms with E-state index in [4.69, 9.17) is 11.1 Å². The Morgan fingerprint density at radius 3 is 2.62 bits per heavy atom. The van der Waals surface area contributed by atoms with Crippen LogP contribution in [-0.4, -0.2) is 30.9 Å². The van der Waals surface area contributed by atoms with Gasteiger partial charge in [-0.15, -0.1) is 0 Å². The minimum Gasteiger partial charge on any atom is -0.387 e. The highest BCUT2D eigenvalue weighted by Crippen LogP contribution is 2.26. The average molecular weight is 183 g/mol. The zero-order valence-electron chi connectivity index (χ0n) is 8.71. The van der Waals surface area contributed by atoms with Crippen LogP contribution in [0.5, 0.6) is 0 Å². The van der Waals surface area contributed by atoms with Crippen LogP contribution in [0, 0.1) is 17.2 Å². The van der Waals surface area contributed by atoms with Gasteiger partial charge in [-0.25, -0.2) is 0 Å². The van der Waals surface area contributed by atoms with E-state index >= 15 is 0 Å². The van der Waals surface area contributed by atoms with Crippen LogP contribution >= 0.6 is 0 Å². The fourth-order valence-corrected chi connectivity index (χ4v) is 1.76. The normalized spacial score (nSPS) is 19.9. The van der Waals surface area contributed by atoms with Crippen molar-refractivity contribution in [2.75, 3.05) is 20.1 Å². The summed E-state index contributed by atoms with van der Waals surface area (Å²) in [5, 5.41) is 7.29. The van der Waals surface area contributed by atoms with Crippen molar-refractivity contribution in [3.63, 3.8) is 0 Å². The van der Waals surface area contributed by atoms with E-state index in [-0.39, 0.29) is 5.92 Å². The lowest BCUT2D eigenvalue weighted by atomic mass is 9.85. The summed E-state index contributed by atoms with van der Waals surface area (Å²) in [4.78, 5) is 2.30. The second-order valence-corrected chi connectivity index (χ2v) is 4.37. The van der Waals surface area contributed by atoms with Gasteiger partial charge in [0.05, 0.1) is 5.84 Å². The van der Waals surface area contributed by atoms with Crippen molar-refractivity contribution in [1.82, 2.24) is 4.90 Å². The predicted molar refractivity (Wildman–Crippen MR) is 55.9 cm³/mol. The highest BCUT2D eigenvalue weighted by molar-refractivity contribution is 5.79. The number of nitrogens with two attached hydrogens (primary N) is 1. The van der Waals surface area contributed by atoms with Crippen LogP contribution in [0.15, 0.2) is 0 Å². The van der Waals surface area contributed by atoms with Crippen LogP contribution in [0.2, 0.25) is 0 Å². The van der Waals surface area contributed by atoms with Crippen LogP contribution in [0.4, 0.5) is 0 Å². The monoisotopic (exact) mass is 183 g/mol. The zero-order valence-corrected chi connectivity index (χ0v) is 8.71. The topological polar surface area (TPSA) is 53.1 Å². The first-order chi connectivity index (χ1) is 6.09. The van der Waals surface area contributed by atoms with Crippen molar-refractivity contribution in [2.24, 2.45) is 17.6 Å². The fourth-order valence-electron chi connectivity index (χ4n) is 1.76. The van der Waals surface area contributed by atoms with E-state index in [1.807, 2.05) is 6.92 Å². The van der Waals surface area contributed by atoms with Crippen LogP contribution in [0.25, 0.3) is 0 Å². The quantitative estimate of drug-likeness (QED) is 0.498. The first-order valence-electron chi connectivity index (χ1n) is 5.12. The summed E-state index contributed by atoms with van der Waals surface area (Å²) in [7, 11) is 2.12. The summed E-state index contributed by atoms with van der Waals surface area (Å²) in [5.41, 5.74) is 5.42. The number of hydrogen-bond acceptors (Lipinski definition) is 2. The maximum atomic E-state index is 7.29. The van der Waals surface area contributed by atoms with Crippen molar-refractivity contribution in [3.8, 4) is 0 Å². The Morgan fingerprint density at radius 2 is 2.23 bits per heavy atom. The molecule has 0 radical (unpaired) electrons. The van der Waals surface area contributed by atoms with Gasteiger partial charge in [0.15, 0.2) is 0 Å². The lowest BCUT2D eigenvalue weighted by Crippen LogP contribution is -2.36. The van der Waals surface area contributed by atoms with E-state index in [1.54, 1.807) is 0 Å². The van der Waals surface area contributed by atoms with Gasteiger partial charge in [-0.3, -0.25) is 5.41 Å². The maximum Gasteiger partial charge on any atom is 0.0947 e. The molecular weight excluding hydrogens is 162 g/mol. The molecule has 0 bridgehead atoms. The van der Waals surface area contributed by atoms with Crippen molar-refractivity contribution in [3.05, 3.63) is 0 Å². The van der Waals surface area contributed by atoms with Gasteiger partial charge in [-0.2, -0.15) is 0 Å². The van der Waals surface area contributed by atoms with E-state index in [9.17, 15) is 0 Å². The Morgan fingerprint density at radius 1 is 1.62 bits per heavy atom. The van der Waals surface area contributed by atoms with Gasteiger partial charge in [0.25, 0.3) is 0 Å². The maximum absolute atomic E-state index is 7.29. The van der Waals surface area contributed by atoms with E-state index in [0.717, 1.165) is 12.5 Å². The standard InChI is InChI=1S/C10H21N3/c1-8(10(11)12)6-13(2)7-9-4-3-5-9/h8-9H,3-7H2,1-2H3,(H3,11,12). The van der Waals surface area contributed by atoms with Gasteiger partial charge in [0, 0.05) is 19.0 Å². The van der Waals surface area contributed by atoms with Gasteiger partial charge in [-0.1, -0.05) is 13.3 Å². The van der Waals surface area contributed by atoms with Crippen molar-refractivity contribution in [2.45, 2.75) is 26.2 Å². The van der Waals surface area contributed by atoms with Crippen LogP contribution in [0.1, 0.15) is 26.2 Å². The van der Waals surface area contributed by atoms with Crippen molar-refractivity contribution >= 4 is 5.84 Å². The van der Waals surface area contributed by atoms with Crippen molar-refractivity contribution < 1.29 is 0 Å². The van der Waals surface area contributed by atoms with Gasteiger partial charge >= 0.3 is 0 Å². The number of hydrogen-bond donors (Lipinski definition) is 2. The van der Waals surface area contributed by atoms with E-state index in [1.165, 1.54) is 25.8 Å². The lowest BCUT2D eigenvalue weighted by molar-refractivity contribution is 0.198. The molecule has 1 aliphatic carbocycles. The third kappa shape index (κ3) is 3.35. The Hall–Kier alpha value is -0.570. The van der Waals surface area contributed by atoms with Gasteiger partial charge in [0.1, 0.15) is 0 Å². The minimum absolute atomic E-state index is 0.199. The lowest BCUT2D eigenvalue weighted by Gasteiger charge is -2.31. The largest absolute Gasteiger partial charge is 0.387 e. The van der Waals surface area contributed by atoms with Crippen LogP contribution < -0.4 is 5.73 Å². The molecule has 1 aliphatic rings. The smallest absolute Gasteiger partial charge is 0.0947 e. The number of nitrogens with zero attached hydrogens (tertiary/aromatic N) is 1. The van der Waals surface area contributed by atoms with E-state index in [0.29, 0.717) is 5.84 Å². The van der Waals surface area contributed by atoms with Gasteiger partial charge in [0.2, 0.25) is 0 Å². The molecule has 3 N–H and O–H groups in total. The molecule has 0 saturated heterocycles. The Kier molecular flexibility index (Phi) is 3.72. The summed E-state index contributed by atoms with van der Waals surface area (Å²) in [6.45, 7) is 4.11. The minimum atomic E-state index is 0.199. The molecule has 0 spiro atoms. The molecule has 1 atom stereocenters. The molecule has 0 aromatic heterocycles. The summed E-state index contributed by atoms with van der Waals surface area (Å²) in [5.74, 6) is 1.41. The first-order valence-corrected chi connectivity index (χ1v) is 5.12. The summed E-state index contributed by atoms with van der Waals surface area (Å²) in [6.07, 6.45) is 4.18. The second kappa shape index (κ2) is 4.61. The highest BCUT2D eigenvalue weighted by atomic mass is 15.1. The molecule has 3 heteroatoms. The molecule has 0 aliphatic heterocycles. The Labute approximate surface area is 80.8 Å². The Balaban J connectivity index is 2.15. The molecule has 1 saturated carbocycles. The van der Waals surface area contributed by atoms with E-state index < -0.39 is 0 Å². The third-order valence-electron chi connectivity index (χ3n) is 2.91. The van der Waals surface area contributed by atoms with Gasteiger partial charge in [-0.05, 0) is 25.8 Å².